The number of amides is 1. The highest BCUT2D eigenvalue weighted by atomic mass is 16.3. The maximum absolute atomic E-state index is 12.1. The number of aliphatic hydroxyl groups is 1. The Morgan fingerprint density at radius 2 is 2.07 bits per heavy atom. The van der Waals surface area contributed by atoms with Crippen LogP contribution in [0.5, 0.6) is 0 Å². The summed E-state index contributed by atoms with van der Waals surface area (Å²) in [5, 5.41) is 11.5. The Labute approximate surface area is 157 Å². The lowest BCUT2D eigenvalue weighted by Crippen LogP contribution is -2.37. The third kappa shape index (κ3) is 3.16. The maximum atomic E-state index is 12.1. The Hall–Kier alpha value is -3.23. The largest absolute Gasteiger partial charge is 0.369 e. The minimum Gasteiger partial charge on any atom is -0.369 e. The first-order chi connectivity index (χ1) is 13.0. The Balaban J connectivity index is 1.69. The monoisotopic (exact) mass is 357 g/mol. The molecule has 1 aliphatic heterocycles. The number of benzene rings is 1. The van der Waals surface area contributed by atoms with Crippen LogP contribution in [0.15, 0.2) is 48.7 Å². The van der Waals surface area contributed by atoms with Crippen molar-refractivity contribution in [1.82, 2.24) is 14.9 Å². The van der Waals surface area contributed by atoms with Crippen molar-refractivity contribution in [3.8, 4) is 23.1 Å². The van der Waals surface area contributed by atoms with Crippen LogP contribution in [0, 0.1) is 18.8 Å². The summed E-state index contributed by atoms with van der Waals surface area (Å²) in [4.78, 5) is 22.6. The SMILES string of the molecule is Cc1nccc2ccc(-c3cccc(C#C[C@]4(O)CCN(C)C4=O)c3)nc12. The molecule has 0 saturated carbocycles. The second kappa shape index (κ2) is 6.49. The molecule has 0 spiro atoms. The number of carbonyl (C=O) groups is 1. The molecule has 134 valence electrons. The van der Waals surface area contributed by atoms with Crippen molar-refractivity contribution >= 4 is 16.8 Å². The van der Waals surface area contributed by atoms with E-state index in [1.54, 1.807) is 13.2 Å². The van der Waals surface area contributed by atoms with E-state index in [4.69, 9.17) is 4.98 Å². The van der Waals surface area contributed by atoms with Crippen molar-refractivity contribution < 1.29 is 9.90 Å². The molecule has 1 saturated heterocycles. The van der Waals surface area contributed by atoms with E-state index in [1.807, 2.05) is 49.4 Å². The number of likely N-dealkylation sites (N-methyl/N-ethyl adjacent to an activating group) is 1. The first-order valence-electron chi connectivity index (χ1n) is 8.80. The average Bonchev–Trinajstić information content (AvgIpc) is 2.95. The van der Waals surface area contributed by atoms with Crippen molar-refractivity contribution in [3.63, 3.8) is 0 Å². The summed E-state index contributed by atoms with van der Waals surface area (Å²) in [6.45, 7) is 2.45. The van der Waals surface area contributed by atoms with Gasteiger partial charge in [-0.15, -0.1) is 0 Å². The van der Waals surface area contributed by atoms with Gasteiger partial charge in [-0.1, -0.05) is 30.0 Å². The van der Waals surface area contributed by atoms with Gasteiger partial charge in [0.25, 0.3) is 5.91 Å². The molecule has 5 nitrogen and oxygen atoms in total. The van der Waals surface area contributed by atoms with Crippen LogP contribution in [-0.2, 0) is 4.79 Å². The van der Waals surface area contributed by atoms with Crippen LogP contribution < -0.4 is 0 Å². The van der Waals surface area contributed by atoms with Crippen molar-refractivity contribution in [2.75, 3.05) is 13.6 Å². The summed E-state index contributed by atoms with van der Waals surface area (Å²) in [7, 11) is 1.67. The van der Waals surface area contributed by atoms with Crippen LogP contribution in [0.2, 0.25) is 0 Å². The number of pyridine rings is 2. The molecule has 1 atom stereocenters. The topological polar surface area (TPSA) is 66.3 Å². The Kier molecular flexibility index (Phi) is 4.14. The molecule has 27 heavy (non-hydrogen) atoms. The van der Waals surface area contributed by atoms with E-state index in [-0.39, 0.29) is 5.91 Å². The molecule has 0 radical (unpaired) electrons. The molecule has 1 fully saturated rings. The average molecular weight is 357 g/mol. The number of hydrogen-bond acceptors (Lipinski definition) is 4. The highest BCUT2D eigenvalue weighted by Gasteiger charge is 2.42. The van der Waals surface area contributed by atoms with E-state index in [9.17, 15) is 9.90 Å². The second-order valence-electron chi connectivity index (χ2n) is 6.83. The van der Waals surface area contributed by atoms with Gasteiger partial charge in [-0.3, -0.25) is 9.78 Å². The summed E-state index contributed by atoms with van der Waals surface area (Å²) in [5.74, 6) is 5.36. The first kappa shape index (κ1) is 17.2. The summed E-state index contributed by atoms with van der Waals surface area (Å²) in [6, 6.07) is 13.6. The van der Waals surface area contributed by atoms with E-state index in [2.05, 4.69) is 16.8 Å². The summed E-state index contributed by atoms with van der Waals surface area (Å²) >= 11 is 0. The number of hydrogen-bond donors (Lipinski definition) is 1. The third-order valence-electron chi connectivity index (χ3n) is 4.87. The quantitative estimate of drug-likeness (QED) is 0.680. The molecule has 3 aromatic rings. The Bertz CT molecular complexity index is 1110. The highest BCUT2D eigenvalue weighted by Crippen LogP contribution is 2.24. The Morgan fingerprint density at radius 1 is 1.22 bits per heavy atom. The van der Waals surface area contributed by atoms with Crippen molar-refractivity contribution in [1.29, 1.82) is 0 Å². The van der Waals surface area contributed by atoms with Crippen LogP contribution in [0.25, 0.3) is 22.2 Å². The molecule has 4 rings (SSSR count). The Morgan fingerprint density at radius 3 is 2.85 bits per heavy atom. The van der Waals surface area contributed by atoms with Gasteiger partial charge in [-0.05, 0) is 31.2 Å². The zero-order valence-electron chi connectivity index (χ0n) is 15.2. The van der Waals surface area contributed by atoms with E-state index < -0.39 is 5.60 Å². The standard InChI is InChI=1S/C22H19N3O2/c1-15-20-17(9-12-23-15)6-7-19(24-20)18-5-3-4-16(14-18)8-10-22(27)11-13-25(2)21(22)26/h3-7,9,12,14,27H,11,13H2,1-2H3/t22-/m0/s1. The first-order valence-corrected chi connectivity index (χ1v) is 8.80. The van der Waals surface area contributed by atoms with Crippen LogP contribution >= 0.6 is 0 Å². The molecule has 0 bridgehead atoms. The van der Waals surface area contributed by atoms with Gasteiger partial charge in [-0.25, -0.2) is 4.98 Å². The van der Waals surface area contributed by atoms with Gasteiger partial charge in [0.05, 0.1) is 16.9 Å². The fourth-order valence-electron chi connectivity index (χ4n) is 3.25. The molecule has 1 N–H and O–H groups in total. The van der Waals surface area contributed by atoms with E-state index >= 15 is 0 Å². The van der Waals surface area contributed by atoms with Crippen LogP contribution in [-0.4, -0.2) is 45.1 Å². The molecule has 1 aromatic carbocycles. The number of aryl methyl sites for hydroxylation is 1. The number of fused-ring (bicyclic) bond motifs is 1. The molecule has 1 amide bonds. The van der Waals surface area contributed by atoms with Crippen LogP contribution in [0.3, 0.4) is 0 Å². The van der Waals surface area contributed by atoms with Gasteiger partial charge in [-0.2, -0.15) is 0 Å². The summed E-state index contributed by atoms with van der Waals surface area (Å²) < 4.78 is 0. The molecular formula is C22H19N3O2. The second-order valence-corrected chi connectivity index (χ2v) is 6.83. The smallest absolute Gasteiger partial charge is 0.267 e. The van der Waals surface area contributed by atoms with Crippen LogP contribution in [0.1, 0.15) is 17.7 Å². The zero-order chi connectivity index (χ0) is 19.0. The number of aromatic nitrogens is 2. The molecule has 5 heteroatoms. The lowest BCUT2D eigenvalue weighted by atomic mass is 10.0. The number of carbonyl (C=O) groups excluding carboxylic acids is 1. The van der Waals surface area contributed by atoms with Gasteiger partial charge in [0.2, 0.25) is 5.60 Å². The van der Waals surface area contributed by atoms with E-state index in [1.165, 1.54) is 4.90 Å². The van der Waals surface area contributed by atoms with Gasteiger partial charge in [0.15, 0.2) is 0 Å². The minimum atomic E-state index is -1.59. The van der Waals surface area contributed by atoms with Crippen LogP contribution in [0.4, 0.5) is 0 Å². The lowest BCUT2D eigenvalue weighted by molar-refractivity contribution is -0.137. The molecule has 1 aliphatic rings. The number of nitrogens with zero attached hydrogens (tertiary/aromatic N) is 3. The molecule has 0 aliphatic carbocycles. The minimum absolute atomic E-state index is 0.327. The summed E-state index contributed by atoms with van der Waals surface area (Å²) in [5.41, 5.74) is 2.66. The fraction of sp³-hybridized carbons (Fsp3) is 0.227. The summed E-state index contributed by atoms with van der Waals surface area (Å²) in [6.07, 6.45) is 2.11. The predicted molar refractivity (Wildman–Crippen MR) is 104 cm³/mol. The zero-order valence-corrected chi connectivity index (χ0v) is 15.2. The molecule has 2 aromatic heterocycles. The van der Waals surface area contributed by atoms with E-state index in [0.29, 0.717) is 13.0 Å². The molecular weight excluding hydrogens is 338 g/mol. The van der Waals surface area contributed by atoms with Crippen molar-refractivity contribution in [2.45, 2.75) is 18.9 Å². The van der Waals surface area contributed by atoms with E-state index in [0.717, 1.165) is 33.4 Å². The van der Waals surface area contributed by atoms with Gasteiger partial charge >= 0.3 is 0 Å². The normalized spacial score (nSPS) is 19.2. The number of likely N-dealkylation sites (tertiary alicyclic amines) is 1. The maximum Gasteiger partial charge on any atom is 0.267 e. The van der Waals surface area contributed by atoms with Crippen molar-refractivity contribution in [3.05, 3.63) is 59.9 Å². The highest BCUT2D eigenvalue weighted by molar-refractivity contribution is 5.90. The molecule has 3 heterocycles. The fourth-order valence-corrected chi connectivity index (χ4v) is 3.25. The lowest BCUT2D eigenvalue weighted by Gasteiger charge is -2.13. The van der Waals surface area contributed by atoms with Gasteiger partial charge < -0.3 is 10.0 Å². The predicted octanol–water partition coefficient (Wildman–Crippen LogP) is 2.55. The van der Waals surface area contributed by atoms with Crippen molar-refractivity contribution in [2.24, 2.45) is 0 Å². The third-order valence-corrected chi connectivity index (χ3v) is 4.87. The molecule has 0 unspecified atom stereocenters. The van der Waals surface area contributed by atoms with Gasteiger partial charge in [0, 0.05) is 42.7 Å². The van der Waals surface area contributed by atoms with Gasteiger partial charge in [0.1, 0.15) is 0 Å². The number of rotatable bonds is 1.